The molecule has 4 rings (SSSR count). The number of halogens is 1. The number of ether oxygens (including phenoxy) is 2. The number of alkyl halides is 1. The molecule has 0 bridgehead atoms. The maximum Gasteiger partial charge on any atom is 0.258 e. The molecule has 3 N–H and O–H groups in total. The SMILES string of the molecule is CCOc1ccc2nc(-c3cccc(OCC(=O)NC(C)(C)CF)c3)nc(Nc3cn[nH]c3)c2c1. The van der Waals surface area contributed by atoms with Gasteiger partial charge in [0.15, 0.2) is 12.4 Å². The number of anilines is 2. The Kier molecular flexibility index (Phi) is 7.09. The van der Waals surface area contributed by atoms with Crippen molar-refractivity contribution in [3.63, 3.8) is 0 Å². The fourth-order valence-corrected chi connectivity index (χ4v) is 3.37. The van der Waals surface area contributed by atoms with Crippen LogP contribution >= 0.6 is 0 Å². The molecule has 10 heteroatoms. The molecule has 0 fully saturated rings. The van der Waals surface area contributed by atoms with Crippen molar-refractivity contribution >= 4 is 28.3 Å². The predicted molar refractivity (Wildman–Crippen MR) is 132 cm³/mol. The van der Waals surface area contributed by atoms with Gasteiger partial charge < -0.3 is 20.1 Å². The number of hydrogen-bond acceptors (Lipinski definition) is 7. The third kappa shape index (κ3) is 6.03. The summed E-state index contributed by atoms with van der Waals surface area (Å²) in [5.74, 6) is 1.84. The van der Waals surface area contributed by atoms with Crippen LogP contribution in [0.1, 0.15) is 20.8 Å². The van der Waals surface area contributed by atoms with Crippen molar-refractivity contribution in [1.29, 1.82) is 0 Å². The van der Waals surface area contributed by atoms with E-state index < -0.39 is 18.1 Å². The number of H-pyrrole nitrogens is 1. The first kappa shape index (κ1) is 23.9. The Morgan fingerprint density at radius 1 is 1.11 bits per heavy atom. The quantitative estimate of drug-likeness (QED) is 0.309. The van der Waals surface area contributed by atoms with E-state index in [4.69, 9.17) is 19.4 Å². The molecule has 4 aromatic rings. The molecule has 0 aliphatic rings. The van der Waals surface area contributed by atoms with Crippen LogP contribution in [-0.4, -0.2) is 51.5 Å². The average Bonchev–Trinajstić information content (AvgIpc) is 3.36. The van der Waals surface area contributed by atoms with Crippen molar-refractivity contribution < 1.29 is 18.7 Å². The van der Waals surface area contributed by atoms with Gasteiger partial charge in [-0.15, -0.1) is 0 Å². The standard InChI is InChI=1S/C25H27FN6O3/c1-4-34-19-8-9-21-20(11-19)24(29-17-12-27-28-13-17)31-23(30-21)16-6-5-7-18(10-16)35-14-22(33)32-25(2,3)15-26/h5-13H,4,14-15H2,1-3H3,(H,27,28)(H,32,33)(H,29,30,31). The molecule has 2 aromatic heterocycles. The Hall–Kier alpha value is -4.21. The summed E-state index contributed by atoms with van der Waals surface area (Å²) in [6.45, 7) is 4.78. The maximum absolute atomic E-state index is 13.0. The first-order valence-electron chi connectivity index (χ1n) is 11.2. The number of amides is 1. The number of carbonyl (C=O) groups excluding carboxylic acids is 1. The number of rotatable bonds is 10. The monoisotopic (exact) mass is 478 g/mol. The summed E-state index contributed by atoms with van der Waals surface area (Å²) in [7, 11) is 0. The van der Waals surface area contributed by atoms with Gasteiger partial charge in [0.2, 0.25) is 0 Å². The molecule has 0 aliphatic carbocycles. The van der Waals surface area contributed by atoms with Gasteiger partial charge in [0.1, 0.15) is 24.0 Å². The zero-order chi connectivity index (χ0) is 24.8. The molecule has 0 atom stereocenters. The minimum Gasteiger partial charge on any atom is -0.494 e. The van der Waals surface area contributed by atoms with Crippen molar-refractivity contribution in [1.82, 2.24) is 25.5 Å². The molecule has 0 saturated heterocycles. The summed E-state index contributed by atoms with van der Waals surface area (Å²) in [5.41, 5.74) is 1.24. The van der Waals surface area contributed by atoms with Gasteiger partial charge in [-0.3, -0.25) is 9.89 Å². The second-order valence-electron chi connectivity index (χ2n) is 8.50. The summed E-state index contributed by atoms with van der Waals surface area (Å²) in [6, 6.07) is 12.8. The van der Waals surface area contributed by atoms with Gasteiger partial charge in [-0.1, -0.05) is 12.1 Å². The van der Waals surface area contributed by atoms with Gasteiger partial charge in [0.25, 0.3) is 5.91 Å². The smallest absolute Gasteiger partial charge is 0.258 e. The molecule has 1 amide bonds. The van der Waals surface area contributed by atoms with Crippen LogP contribution in [-0.2, 0) is 4.79 Å². The van der Waals surface area contributed by atoms with E-state index in [1.54, 1.807) is 44.4 Å². The Morgan fingerprint density at radius 3 is 2.69 bits per heavy atom. The van der Waals surface area contributed by atoms with Gasteiger partial charge in [-0.25, -0.2) is 14.4 Å². The van der Waals surface area contributed by atoms with Gasteiger partial charge in [-0.05, 0) is 51.1 Å². The van der Waals surface area contributed by atoms with Crippen molar-refractivity contribution in [2.24, 2.45) is 0 Å². The highest BCUT2D eigenvalue weighted by molar-refractivity contribution is 5.93. The molecule has 0 aliphatic heterocycles. The third-order valence-electron chi connectivity index (χ3n) is 5.01. The first-order valence-corrected chi connectivity index (χ1v) is 11.2. The predicted octanol–water partition coefficient (Wildman–Crippen LogP) is 4.41. The molecular weight excluding hydrogens is 451 g/mol. The Balaban J connectivity index is 1.63. The third-order valence-corrected chi connectivity index (χ3v) is 5.01. The largest absolute Gasteiger partial charge is 0.494 e. The second kappa shape index (κ2) is 10.4. The fraction of sp³-hybridized carbons (Fsp3) is 0.280. The molecule has 2 aromatic carbocycles. The van der Waals surface area contributed by atoms with Crippen molar-refractivity contribution in [3.8, 4) is 22.9 Å². The second-order valence-corrected chi connectivity index (χ2v) is 8.50. The van der Waals surface area contributed by atoms with Crippen LogP contribution in [0.5, 0.6) is 11.5 Å². The van der Waals surface area contributed by atoms with Crippen LogP contribution in [0.4, 0.5) is 15.9 Å². The number of aromatic nitrogens is 4. The van der Waals surface area contributed by atoms with E-state index in [2.05, 4.69) is 20.8 Å². The lowest BCUT2D eigenvalue weighted by molar-refractivity contribution is -0.124. The van der Waals surface area contributed by atoms with E-state index >= 15 is 0 Å². The number of nitrogens with zero attached hydrogens (tertiary/aromatic N) is 3. The summed E-state index contributed by atoms with van der Waals surface area (Å²) in [6.07, 6.45) is 3.38. The number of carbonyl (C=O) groups is 1. The summed E-state index contributed by atoms with van der Waals surface area (Å²) < 4.78 is 24.2. The van der Waals surface area contributed by atoms with Crippen LogP contribution in [0.3, 0.4) is 0 Å². The lowest BCUT2D eigenvalue weighted by atomic mass is 10.1. The van der Waals surface area contributed by atoms with E-state index in [1.165, 1.54) is 0 Å². The van der Waals surface area contributed by atoms with E-state index in [0.29, 0.717) is 29.6 Å². The zero-order valence-electron chi connectivity index (χ0n) is 19.8. The zero-order valence-corrected chi connectivity index (χ0v) is 19.8. The first-order chi connectivity index (χ1) is 16.9. The molecule has 2 heterocycles. The van der Waals surface area contributed by atoms with Crippen LogP contribution in [0.15, 0.2) is 54.9 Å². The van der Waals surface area contributed by atoms with Crippen LogP contribution in [0.25, 0.3) is 22.3 Å². The fourth-order valence-electron chi connectivity index (χ4n) is 3.37. The molecule has 182 valence electrons. The minimum absolute atomic E-state index is 0.237. The number of benzene rings is 2. The van der Waals surface area contributed by atoms with E-state index in [0.717, 1.165) is 22.3 Å². The normalized spacial score (nSPS) is 11.3. The highest BCUT2D eigenvalue weighted by Gasteiger charge is 2.20. The van der Waals surface area contributed by atoms with E-state index in [1.807, 2.05) is 31.2 Å². The van der Waals surface area contributed by atoms with Gasteiger partial charge >= 0.3 is 0 Å². The molecular formula is C25H27FN6O3. The number of hydrogen-bond donors (Lipinski definition) is 3. The summed E-state index contributed by atoms with van der Waals surface area (Å²) in [4.78, 5) is 21.6. The van der Waals surface area contributed by atoms with Crippen LogP contribution in [0.2, 0.25) is 0 Å². The Bertz CT molecular complexity index is 1310. The van der Waals surface area contributed by atoms with Gasteiger partial charge in [0, 0.05) is 17.1 Å². The maximum atomic E-state index is 13.0. The molecule has 9 nitrogen and oxygen atoms in total. The number of nitrogens with one attached hydrogen (secondary N) is 3. The van der Waals surface area contributed by atoms with Gasteiger partial charge in [0.05, 0.1) is 29.5 Å². The van der Waals surface area contributed by atoms with Crippen LogP contribution < -0.4 is 20.1 Å². The minimum atomic E-state index is -0.943. The Labute approximate surface area is 202 Å². The van der Waals surface area contributed by atoms with Gasteiger partial charge in [-0.2, -0.15) is 5.10 Å². The number of aromatic amines is 1. The van der Waals surface area contributed by atoms with Crippen molar-refractivity contribution in [2.75, 3.05) is 25.2 Å². The van der Waals surface area contributed by atoms with Crippen LogP contribution in [0, 0.1) is 0 Å². The molecule has 0 saturated carbocycles. The lowest BCUT2D eigenvalue weighted by Crippen LogP contribution is -2.47. The van der Waals surface area contributed by atoms with Crippen molar-refractivity contribution in [3.05, 3.63) is 54.9 Å². The lowest BCUT2D eigenvalue weighted by Gasteiger charge is -2.22. The molecule has 35 heavy (non-hydrogen) atoms. The highest BCUT2D eigenvalue weighted by atomic mass is 19.1. The molecule has 0 unspecified atom stereocenters. The number of fused-ring (bicyclic) bond motifs is 1. The Morgan fingerprint density at radius 2 is 1.94 bits per heavy atom. The van der Waals surface area contributed by atoms with E-state index in [9.17, 15) is 9.18 Å². The average molecular weight is 479 g/mol. The van der Waals surface area contributed by atoms with E-state index in [-0.39, 0.29) is 6.61 Å². The molecule has 0 radical (unpaired) electrons. The van der Waals surface area contributed by atoms with Crippen molar-refractivity contribution in [2.45, 2.75) is 26.3 Å². The summed E-state index contributed by atoms with van der Waals surface area (Å²) in [5, 5.41) is 13.4. The topological polar surface area (TPSA) is 114 Å². The summed E-state index contributed by atoms with van der Waals surface area (Å²) >= 11 is 0. The highest BCUT2D eigenvalue weighted by Crippen LogP contribution is 2.31. The molecule has 0 spiro atoms.